The molecule has 1 aromatic rings. The first kappa shape index (κ1) is 10.1. The molecular formula is C8H9BrN2O2. The standard InChI is InChI=1S/C8H9BrN2O2/c1-6-10-5-7(9)8(13)11(6)3-2-4-12/h4-5H,2-3H2,1H3. The highest BCUT2D eigenvalue weighted by Gasteiger charge is 2.03. The molecule has 0 atom stereocenters. The van der Waals surface area contributed by atoms with E-state index in [1.54, 1.807) is 6.92 Å². The molecule has 0 aliphatic carbocycles. The second kappa shape index (κ2) is 4.32. The fraction of sp³-hybridized carbons (Fsp3) is 0.375. The molecule has 0 spiro atoms. The van der Waals surface area contributed by atoms with Gasteiger partial charge in [-0.3, -0.25) is 9.36 Å². The van der Waals surface area contributed by atoms with Crippen LogP contribution in [0.2, 0.25) is 0 Å². The summed E-state index contributed by atoms with van der Waals surface area (Å²) < 4.78 is 1.89. The Morgan fingerprint density at radius 2 is 2.38 bits per heavy atom. The molecule has 0 fully saturated rings. The van der Waals surface area contributed by atoms with E-state index in [0.29, 0.717) is 23.3 Å². The summed E-state index contributed by atoms with van der Waals surface area (Å²) >= 11 is 3.09. The summed E-state index contributed by atoms with van der Waals surface area (Å²) in [4.78, 5) is 25.6. The average molecular weight is 245 g/mol. The number of aryl methyl sites for hydroxylation is 1. The van der Waals surface area contributed by atoms with E-state index in [1.807, 2.05) is 0 Å². The van der Waals surface area contributed by atoms with Crippen LogP contribution in [0, 0.1) is 6.92 Å². The lowest BCUT2D eigenvalue weighted by atomic mass is 10.4. The molecule has 0 aliphatic rings. The Labute approximate surface area is 83.7 Å². The SMILES string of the molecule is Cc1ncc(Br)c(=O)n1CCC=O. The summed E-state index contributed by atoms with van der Waals surface area (Å²) in [6.07, 6.45) is 2.58. The normalized spacial score (nSPS) is 10.0. The van der Waals surface area contributed by atoms with Crippen LogP contribution in [-0.4, -0.2) is 15.8 Å². The Morgan fingerprint density at radius 1 is 1.69 bits per heavy atom. The van der Waals surface area contributed by atoms with Crippen LogP contribution in [0.3, 0.4) is 0 Å². The molecule has 0 amide bonds. The molecule has 1 heterocycles. The van der Waals surface area contributed by atoms with Crippen LogP contribution in [0.15, 0.2) is 15.5 Å². The molecule has 1 aromatic heterocycles. The van der Waals surface area contributed by atoms with E-state index in [-0.39, 0.29) is 5.56 Å². The fourth-order valence-corrected chi connectivity index (χ4v) is 1.31. The third-order valence-corrected chi connectivity index (χ3v) is 2.22. The predicted octanol–water partition coefficient (Wildman–Crippen LogP) is 0.903. The lowest BCUT2D eigenvalue weighted by Crippen LogP contribution is -2.24. The zero-order chi connectivity index (χ0) is 9.84. The minimum absolute atomic E-state index is 0.144. The Morgan fingerprint density at radius 3 is 3.00 bits per heavy atom. The number of hydrogen-bond donors (Lipinski definition) is 0. The number of aldehydes is 1. The maximum absolute atomic E-state index is 11.5. The molecule has 0 unspecified atom stereocenters. The Hall–Kier alpha value is -0.970. The molecule has 0 aliphatic heterocycles. The van der Waals surface area contributed by atoms with Gasteiger partial charge in [-0.1, -0.05) is 0 Å². The van der Waals surface area contributed by atoms with E-state index in [1.165, 1.54) is 10.8 Å². The first-order valence-corrected chi connectivity index (χ1v) is 4.61. The average Bonchev–Trinajstić information content (AvgIpc) is 2.12. The van der Waals surface area contributed by atoms with Gasteiger partial charge in [0.25, 0.3) is 5.56 Å². The van der Waals surface area contributed by atoms with Crippen molar-refractivity contribution in [1.82, 2.24) is 9.55 Å². The monoisotopic (exact) mass is 244 g/mol. The number of carbonyl (C=O) groups excluding carboxylic acids is 1. The van der Waals surface area contributed by atoms with Gasteiger partial charge >= 0.3 is 0 Å². The van der Waals surface area contributed by atoms with Crippen molar-refractivity contribution in [3.63, 3.8) is 0 Å². The third kappa shape index (κ3) is 2.24. The molecule has 1 rings (SSSR count). The van der Waals surface area contributed by atoms with Crippen LogP contribution < -0.4 is 5.56 Å². The van der Waals surface area contributed by atoms with Crippen molar-refractivity contribution in [2.75, 3.05) is 0 Å². The van der Waals surface area contributed by atoms with Crippen molar-refractivity contribution in [1.29, 1.82) is 0 Å². The predicted molar refractivity (Wildman–Crippen MR) is 51.6 cm³/mol. The number of hydrogen-bond acceptors (Lipinski definition) is 3. The van der Waals surface area contributed by atoms with Gasteiger partial charge in [0.15, 0.2) is 0 Å². The van der Waals surface area contributed by atoms with Crippen LogP contribution in [0.4, 0.5) is 0 Å². The van der Waals surface area contributed by atoms with Gasteiger partial charge in [0, 0.05) is 19.2 Å². The Bertz CT molecular complexity index is 373. The van der Waals surface area contributed by atoms with Gasteiger partial charge in [-0.05, 0) is 22.9 Å². The summed E-state index contributed by atoms with van der Waals surface area (Å²) in [6, 6.07) is 0. The van der Waals surface area contributed by atoms with Gasteiger partial charge < -0.3 is 4.79 Å². The number of rotatable bonds is 3. The van der Waals surface area contributed by atoms with Gasteiger partial charge in [0.2, 0.25) is 0 Å². The zero-order valence-corrected chi connectivity index (χ0v) is 8.74. The van der Waals surface area contributed by atoms with Crippen molar-refractivity contribution >= 4 is 22.2 Å². The summed E-state index contributed by atoms with van der Waals surface area (Å²) in [5.41, 5.74) is -0.144. The third-order valence-electron chi connectivity index (χ3n) is 1.68. The van der Waals surface area contributed by atoms with Crippen molar-refractivity contribution < 1.29 is 4.79 Å². The number of nitrogens with zero attached hydrogens (tertiary/aromatic N) is 2. The quantitative estimate of drug-likeness (QED) is 0.743. The van der Waals surface area contributed by atoms with E-state index in [0.717, 1.165) is 6.29 Å². The van der Waals surface area contributed by atoms with Crippen LogP contribution >= 0.6 is 15.9 Å². The maximum atomic E-state index is 11.5. The molecular weight excluding hydrogens is 236 g/mol. The number of halogens is 1. The maximum Gasteiger partial charge on any atom is 0.267 e. The minimum Gasteiger partial charge on any atom is -0.303 e. The molecule has 0 saturated carbocycles. The largest absolute Gasteiger partial charge is 0.303 e. The Balaban J connectivity index is 3.10. The van der Waals surface area contributed by atoms with Gasteiger partial charge in [-0.15, -0.1) is 0 Å². The molecule has 70 valence electrons. The Kier molecular flexibility index (Phi) is 3.36. The molecule has 0 N–H and O–H groups in total. The van der Waals surface area contributed by atoms with Crippen molar-refractivity contribution in [2.24, 2.45) is 0 Å². The first-order chi connectivity index (χ1) is 6.16. The second-order valence-corrected chi connectivity index (χ2v) is 3.42. The highest BCUT2D eigenvalue weighted by molar-refractivity contribution is 9.10. The number of aromatic nitrogens is 2. The van der Waals surface area contributed by atoms with E-state index >= 15 is 0 Å². The summed E-state index contributed by atoms with van der Waals surface area (Å²) in [6.45, 7) is 2.12. The van der Waals surface area contributed by atoms with E-state index in [4.69, 9.17) is 0 Å². The second-order valence-electron chi connectivity index (χ2n) is 2.57. The van der Waals surface area contributed by atoms with Gasteiger partial charge in [-0.25, -0.2) is 4.98 Å². The topological polar surface area (TPSA) is 52.0 Å². The lowest BCUT2D eigenvalue weighted by molar-refractivity contribution is -0.108. The summed E-state index contributed by atoms with van der Waals surface area (Å²) in [5.74, 6) is 0.620. The molecule has 5 heteroatoms. The van der Waals surface area contributed by atoms with Crippen molar-refractivity contribution in [2.45, 2.75) is 19.9 Å². The summed E-state index contributed by atoms with van der Waals surface area (Å²) in [7, 11) is 0. The number of carbonyl (C=O) groups is 1. The first-order valence-electron chi connectivity index (χ1n) is 3.82. The van der Waals surface area contributed by atoms with Crippen LogP contribution in [-0.2, 0) is 11.3 Å². The minimum atomic E-state index is -0.144. The van der Waals surface area contributed by atoms with Crippen LogP contribution in [0.5, 0.6) is 0 Å². The fourth-order valence-electron chi connectivity index (χ4n) is 0.996. The van der Waals surface area contributed by atoms with Crippen LogP contribution in [0.1, 0.15) is 12.2 Å². The van der Waals surface area contributed by atoms with Crippen molar-refractivity contribution in [3.05, 3.63) is 26.8 Å². The van der Waals surface area contributed by atoms with Gasteiger partial charge in [-0.2, -0.15) is 0 Å². The molecule has 4 nitrogen and oxygen atoms in total. The van der Waals surface area contributed by atoms with Gasteiger partial charge in [0.05, 0.1) is 0 Å². The zero-order valence-electron chi connectivity index (χ0n) is 7.16. The molecule has 0 aromatic carbocycles. The van der Waals surface area contributed by atoms with E-state index < -0.39 is 0 Å². The smallest absolute Gasteiger partial charge is 0.267 e. The van der Waals surface area contributed by atoms with E-state index in [9.17, 15) is 9.59 Å². The van der Waals surface area contributed by atoms with E-state index in [2.05, 4.69) is 20.9 Å². The van der Waals surface area contributed by atoms with Gasteiger partial charge in [0.1, 0.15) is 16.6 Å². The van der Waals surface area contributed by atoms with Crippen LogP contribution in [0.25, 0.3) is 0 Å². The molecule has 0 bridgehead atoms. The molecule has 0 saturated heterocycles. The molecule has 0 radical (unpaired) electrons. The lowest BCUT2D eigenvalue weighted by Gasteiger charge is -2.06. The highest BCUT2D eigenvalue weighted by Crippen LogP contribution is 2.01. The van der Waals surface area contributed by atoms with Crippen molar-refractivity contribution in [3.8, 4) is 0 Å². The highest BCUT2D eigenvalue weighted by atomic mass is 79.9. The summed E-state index contributed by atoms with van der Waals surface area (Å²) in [5, 5.41) is 0. The molecule has 13 heavy (non-hydrogen) atoms.